The Morgan fingerprint density at radius 2 is 2.05 bits per heavy atom. The van der Waals surface area contributed by atoms with Crippen molar-refractivity contribution >= 4 is 5.91 Å². The van der Waals surface area contributed by atoms with E-state index in [1.54, 1.807) is 11.0 Å². The fourth-order valence-corrected chi connectivity index (χ4v) is 2.31. The molecule has 1 aliphatic rings. The average Bonchev–Trinajstić information content (AvgIpc) is 3.02. The van der Waals surface area contributed by atoms with Gasteiger partial charge < -0.3 is 10.1 Å². The van der Waals surface area contributed by atoms with Crippen LogP contribution in [0.15, 0.2) is 30.6 Å². The zero-order chi connectivity index (χ0) is 14.5. The topological polar surface area (TPSA) is 81.9 Å². The van der Waals surface area contributed by atoms with Crippen molar-refractivity contribution in [3.8, 4) is 0 Å². The number of carbonyl (C=O) groups excluding carboxylic acids is 1. The first-order valence-corrected chi connectivity index (χ1v) is 6.99. The van der Waals surface area contributed by atoms with Crippen LogP contribution in [0.4, 0.5) is 0 Å². The minimum atomic E-state index is -0.0316. The summed E-state index contributed by atoms with van der Waals surface area (Å²) in [6.45, 7) is 2.03. The molecule has 2 aromatic rings. The van der Waals surface area contributed by atoms with Crippen LogP contribution in [0.1, 0.15) is 28.8 Å². The highest BCUT2D eigenvalue weighted by Crippen LogP contribution is 2.09. The minimum Gasteiger partial charge on any atom is -0.381 e. The summed E-state index contributed by atoms with van der Waals surface area (Å²) in [4.78, 5) is 12.2. The number of nitrogens with zero attached hydrogens (tertiary/aromatic N) is 4. The summed E-state index contributed by atoms with van der Waals surface area (Å²) >= 11 is 0. The van der Waals surface area contributed by atoms with Crippen LogP contribution in [0.3, 0.4) is 0 Å². The van der Waals surface area contributed by atoms with Crippen molar-refractivity contribution in [2.24, 2.45) is 0 Å². The maximum Gasteiger partial charge on any atom is 0.251 e. The number of ether oxygens (including phenoxy) is 1. The van der Waals surface area contributed by atoms with Crippen LogP contribution in [0.5, 0.6) is 0 Å². The molecule has 1 fully saturated rings. The maximum absolute atomic E-state index is 12.2. The predicted octanol–water partition coefficient (Wildman–Crippen LogP) is 0.630. The van der Waals surface area contributed by atoms with Crippen LogP contribution in [-0.4, -0.2) is 45.4 Å². The van der Waals surface area contributed by atoms with Gasteiger partial charge in [-0.25, -0.2) is 4.68 Å². The summed E-state index contributed by atoms with van der Waals surface area (Å²) in [5, 5.41) is 14.0. The first kappa shape index (κ1) is 13.7. The molecule has 1 aromatic heterocycles. The molecule has 1 aromatic carbocycles. The van der Waals surface area contributed by atoms with E-state index < -0.39 is 0 Å². The van der Waals surface area contributed by atoms with Gasteiger partial charge in [0.25, 0.3) is 5.91 Å². The molecule has 2 heterocycles. The first-order valence-electron chi connectivity index (χ1n) is 6.99. The van der Waals surface area contributed by atoms with E-state index in [1.807, 2.05) is 24.3 Å². The summed E-state index contributed by atoms with van der Waals surface area (Å²) < 4.78 is 6.92. The van der Waals surface area contributed by atoms with Crippen molar-refractivity contribution in [3.05, 3.63) is 41.7 Å². The van der Waals surface area contributed by atoms with E-state index in [0.717, 1.165) is 31.6 Å². The van der Waals surface area contributed by atoms with E-state index in [2.05, 4.69) is 20.8 Å². The zero-order valence-electron chi connectivity index (χ0n) is 11.6. The Labute approximate surface area is 122 Å². The Balaban J connectivity index is 1.59. The van der Waals surface area contributed by atoms with Crippen LogP contribution in [0.2, 0.25) is 0 Å². The summed E-state index contributed by atoms with van der Waals surface area (Å²) in [5.74, 6) is -0.0316. The van der Waals surface area contributed by atoms with Gasteiger partial charge in [-0.15, -0.1) is 5.10 Å². The highest BCUT2D eigenvalue weighted by molar-refractivity contribution is 5.94. The molecule has 0 spiro atoms. The fraction of sp³-hybridized carbons (Fsp3) is 0.429. The Bertz CT molecular complexity index is 576. The number of benzene rings is 1. The average molecular weight is 287 g/mol. The van der Waals surface area contributed by atoms with Gasteiger partial charge in [-0.1, -0.05) is 12.1 Å². The van der Waals surface area contributed by atoms with Crippen LogP contribution in [-0.2, 0) is 11.3 Å². The second-order valence-electron chi connectivity index (χ2n) is 5.06. The number of tetrazole rings is 1. The molecule has 3 rings (SSSR count). The molecular formula is C14H17N5O2. The van der Waals surface area contributed by atoms with Crippen molar-refractivity contribution in [1.82, 2.24) is 25.5 Å². The smallest absolute Gasteiger partial charge is 0.251 e. The zero-order valence-corrected chi connectivity index (χ0v) is 11.6. The number of nitrogens with one attached hydrogen (secondary N) is 1. The molecule has 1 amide bonds. The standard InChI is InChI=1S/C14H17N5O2/c20-14(16-13-5-7-21-8-6-13)12-3-1-11(2-4-12)9-19-10-15-17-18-19/h1-4,10,13H,5-9H2,(H,16,20). The van der Waals surface area contributed by atoms with Crippen molar-refractivity contribution < 1.29 is 9.53 Å². The summed E-state index contributed by atoms with van der Waals surface area (Å²) in [6.07, 6.45) is 3.32. The van der Waals surface area contributed by atoms with Crippen molar-refractivity contribution in [3.63, 3.8) is 0 Å². The van der Waals surface area contributed by atoms with Crippen LogP contribution in [0, 0.1) is 0 Å². The van der Waals surface area contributed by atoms with Gasteiger partial charge in [-0.3, -0.25) is 4.79 Å². The summed E-state index contributed by atoms with van der Waals surface area (Å²) in [5.41, 5.74) is 1.71. The Hall–Kier alpha value is -2.28. The molecule has 0 saturated carbocycles. The lowest BCUT2D eigenvalue weighted by molar-refractivity contribution is 0.0696. The van der Waals surface area contributed by atoms with Crippen LogP contribution >= 0.6 is 0 Å². The van der Waals surface area contributed by atoms with Gasteiger partial charge in [0.1, 0.15) is 6.33 Å². The number of rotatable bonds is 4. The molecule has 1 aliphatic heterocycles. The van der Waals surface area contributed by atoms with E-state index in [9.17, 15) is 4.79 Å². The second kappa shape index (κ2) is 6.45. The molecule has 0 atom stereocenters. The molecule has 110 valence electrons. The van der Waals surface area contributed by atoms with Gasteiger partial charge in [0.2, 0.25) is 0 Å². The van der Waals surface area contributed by atoms with Gasteiger partial charge in [0.05, 0.1) is 6.54 Å². The van der Waals surface area contributed by atoms with Gasteiger partial charge in [0, 0.05) is 24.8 Å². The van der Waals surface area contributed by atoms with E-state index in [-0.39, 0.29) is 11.9 Å². The molecular weight excluding hydrogens is 270 g/mol. The van der Waals surface area contributed by atoms with Crippen molar-refractivity contribution in [1.29, 1.82) is 0 Å². The van der Waals surface area contributed by atoms with E-state index in [4.69, 9.17) is 4.74 Å². The number of amides is 1. The number of carbonyl (C=O) groups is 1. The lowest BCUT2D eigenvalue weighted by atomic mass is 10.1. The normalized spacial score (nSPS) is 15.8. The Morgan fingerprint density at radius 3 is 2.71 bits per heavy atom. The molecule has 7 heteroatoms. The third kappa shape index (κ3) is 3.63. The SMILES string of the molecule is O=C(NC1CCOCC1)c1ccc(Cn2cnnn2)cc1. The monoisotopic (exact) mass is 287 g/mol. The van der Waals surface area contributed by atoms with E-state index >= 15 is 0 Å². The lowest BCUT2D eigenvalue weighted by Gasteiger charge is -2.23. The number of hydrogen-bond donors (Lipinski definition) is 1. The molecule has 1 N–H and O–H groups in total. The van der Waals surface area contributed by atoms with E-state index in [1.165, 1.54) is 0 Å². The minimum absolute atomic E-state index is 0.0316. The Kier molecular flexibility index (Phi) is 4.20. The molecule has 1 saturated heterocycles. The maximum atomic E-state index is 12.2. The quantitative estimate of drug-likeness (QED) is 0.892. The fourth-order valence-electron chi connectivity index (χ4n) is 2.31. The van der Waals surface area contributed by atoms with Gasteiger partial charge in [0.15, 0.2) is 0 Å². The summed E-state index contributed by atoms with van der Waals surface area (Å²) in [6, 6.07) is 7.70. The molecule has 0 aliphatic carbocycles. The van der Waals surface area contributed by atoms with Crippen LogP contribution < -0.4 is 5.32 Å². The molecule has 0 radical (unpaired) electrons. The van der Waals surface area contributed by atoms with Crippen molar-refractivity contribution in [2.75, 3.05) is 13.2 Å². The van der Waals surface area contributed by atoms with Gasteiger partial charge in [-0.2, -0.15) is 0 Å². The Morgan fingerprint density at radius 1 is 1.29 bits per heavy atom. The second-order valence-corrected chi connectivity index (χ2v) is 5.06. The molecule has 0 bridgehead atoms. The first-order chi connectivity index (χ1) is 10.3. The van der Waals surface area contributed by atoms with Gasteiger partial charge in [-0.05, 0) is 41.0 Å². The van der Waals surface area contributed by atoms with Gasteiger partial charge >= 0.3 is 0 Å². The number of hydrogen-bond acceptors (Lipinski definition) is 5. The van der Waals surface area contributed by atoms with E-state index in [0.29, 0.717) is 12.1 Å². The molecule has 21 heavy (non-hydrogen) atoms. The van der Waals surface area contributed by atoms with Crippen molar-refractivity contribution in [2.45, 2.75) is 25.4 Å². The highest BCUT2D eigenvalue weighted by atomic mass is 16.5. The molecule has 0 unspecified atom stereocenters. The molecule has 7 nitrogen and oxygen atoms in total. The van der Waals surface area contributed by atoms with Crippen LogP contribution in [0.25, 0.3) is 0 Å². The third-order valence-corrected chi connectivity index (χ3v) is 3.51. The number of aromatic nitrogens is 4. The predicted molar refractivity (Wildman–Crippen MR) is 74.7 cm³/mol. The lowest BCUT2D eigenvalue weighted by Crippen LogP contribution is -2.38. The highest BCUT2D eigenvalue weighted by Gasteiger charge is 2.16. The largest absolute Gasteiger partial charge is 0.381 e. The third-order valence-electron chi connectivity index (χ3n) is 3.51. The summed E-state index contributed by atoms with van der Waals surface area (Å²) in [7, 11) is 0.